The zero-order chi connectivity index (χ0) is 47.9. The van der Waals surface area contributed by atoms with Crippen LogP contribution in [0.4, 0.5) is 0 Å². The fourth-order valence-corrected chi connectivity index (χ4v) is 7.21. The Morgan fingerprint density at radius 2 is 1.31 bits per heavy atom. The van der Waals surface area contributed by atoms with Crippen LogP contribution in [0.2, 0.25) is 0 Å². The topological polar surface area (TPSA) is 52.1 Å². The summed E-state index contributed by atoms with van der Waals surface area (Å²) in [5.41, 5.74) is 4.38. The summed E-state index contributed by atoms with van der Waals surface area (Å²) in [6.45, 7) is 11.9. The van der Waals surface area contributed by atoms with Crippen LogP contribution in [0.25, 0.3) is 77.2 Å². The Morgan fingerprint density at radius 1 is 0.655 bits per heavy atom. The minimum atomic E-state index is -2.50. The number of rotatable bonds is 6. The van der Waals surface area contributed by atoms with E-state index in [4.69, 9.17) is 21.2 Å². The molecule has 9 aromatic rings. The molecule has 0 fully saturated rings. The second-order valence-corrected chi connectivity index (χ2v) is 16.8. The molecule has 0 spiro atoms. The largest absolute Gasteiger partial charge is 0.501 e. The van der Waals surface area contributed by atoms with Crippen LogP contribution in [0.1, 0.15) is 90.0 Å². The van der Waals surface area contributed by atoms with Gasteiger partial charge >= 0.3 is 0 Å². The molecule has 5 aromatic carbocycles. The maximum absolute atomic E-state index is 8.77. The first-order valence-corrected chi connectivity index (χ1v) is 19.3. The summed E-state index contributed by atoms with van der Waals surface area (Å²) in [6, 6.07) is 36.8. The molecular weight excluding hydrogens is 889 g/mol. The Morgan fingerprint density at radius 3 is 2.00 bits per heavy atom. The van der Waals surface area contributed by atoms with Crippen molar-refractivity contribution in [2.24, 2.45) is 16.7 Å². The van der Waals surface area contributed by atoms with Crippen molar-refractivity contribution >= 4 is 54.6 Å². The number of nitrogens with zero attached hydrogens (tertiary/aromatic N) is 2. The first-order valence-electron chi connectivity index (χ1n) is 23.8. The monoisotopic (exact) mass is 950 g/mol. The van der Waals surface area contributed by atoms with E-state index in [1.807, 2.05) is 90.1 Å². The van der Waals surface area contributed by atoms with Gasteiger partial charge in [0.2, 0.25) is 0 Å². The minimum absolute atomic E-state index is 0. The van der Waals surface area contributed by atoms with Crippen LogP contribution in [0.5, 0.6) is 0 Å². The van der Waals surface area contributed by atoms with E-state index in [9.17, 15) is 0 Å². The standard InChI is InChI=1S/C32H24NO2.C21H28N.Ir/c1-18(2)15-21-16-26(33-17-19(21)3)23-9-6-10-24-29-27(35-32(23)24)13-14-28-30(29)25-12-11-20-7-4-5-8-22(20)31(25)34-28;1-20(2,3)13-17-12-19(16-10-8-7-9-11-16)22-15-18(17)14-21(4,5)6;/h4-8,10-14,16-18H,15H2,1-3H3;7-10,12,15H,13-14H2,1-6H3;/q2*-1;/i3D3,15D2;13D2,14D2;. The SMILES string of the molecule is [2H]C([2H])([2H])c1cnc(-c2[c-]ccc3c2oc2ccc4oc5c6ccccc6ccc5c4c23)cc1C([2H])([2H])C(C)C.[2H]C([2H])(c1cnc(-c2[c-]cccc2)cc1C([2H])([2H])C(C)(C)C)C(C)(C)C.[Ir]. The predicted octanol–water partition coefficient (Wildman–Crippen LogP) is 14.7. The molecule has 0 saturated carbocycles. The van der Waals surface area contributed by atoms with E-state index >= 15 is 0 Å². The summed E-state index contributed by atoms with van der Waals surface area (Å²) < 4.78 is 89.0. The molecule has 4 aromatic heterocycles. The molecule has 0 aliphatic carbocycles. The van der Waals surface area contributed by atoms with Crippen LogP contribution in [0, 0.1) is 35.7 Å². The average molecular weight is 950 g/mol. The summed E-state index contributed by atoms with van der Waals surface area (Å²) in [5, 5.41) is 5.84. The first-order chi connectivity index (χ1) is 30.7. The number of aryl methyl sites for hydroxylation is 1. The van der Waals surface area contributed by atoms with Crippen molar-refractivity contribution in [1.29, 1.82) is 0 Å². The quantitative estimate of drug-likeness (QED) is 0.156. The van der Waals surface area contributed by atoms with Crippen molar-refractivity contribution in [3.63, 3.8) is 0 Å². The maximum atomic E-state index is 8.77. The molecule has 0 amide bonds. The molecule has 5 heteroatoms. The van der Waals surface area contributed by atoms with Crippen molar-refractivity contribution in [1.82, 2.24) is 9.97 Å². The van der Waals surface area contributed by atoms with Crippen molar-refractivity contribution in [2.75, 3.05) is 0 Å². The summed E-state index contributed by atoms with van der Waals surface area (Å²) >= 11 is 0. The average Bonchev–Trinajstić information content (AvgIpc) is 3.84. The summed E-state index contributed by atoms with van der Waals surface area (Å²) in [5.74, 6) is -0.450. The van der Waals surface area contributed by atoms with Gasteiger partial charge in [0.15, 0.2) is 0 Å². The van der Waals surface area contributed by atoms with Crippen molar-refractivity contribution in [3.8, 4) is 22.5 Å². The van der Waals surface area contributed by atoms with Gasteiger partial charge in [0, 0.05) is 66.4 Å². The van der Waals surface area contributed by atoms with E-state index < -0.39 is 42.7 Å². The van der Waals surface area contributed by atoms with Gasteiger partial charge in [-0.2, -0.15) is 0 Å². The number of furan rings is 2. The van der Waals surface area contributed by atoms with Crippen LogP contribution in [-0.4, -0.2) is 9.97 Å². The number of aromatic nitrogens is 2. The van der Waals surface area contributed by atoms with Crippen LogP contribution in [0.15, 0.2) is 118 Å². The van der Waals surface area contributed by atoms with Crippen LogP contribution in [-0.2, 0) is 39.2 Å². The van der Waals surface area contributed by atoms with E-state index in [0.717, 1.165) is 49.0 Å². The summed E-state index contributed by atoms with van der Waals surface area (Å²) in [4.78, 5) is 8.92. The number of hydrogen-bond donors (Lipinski definition) is 0. The van der Waals surface area contributed by atoms with Gasteiger partial charge < -0.3 is 18.8 Å². The Balaban J connectivity index is 0.000000216. The van der Waals surface area contributed by atoms with Crippen LogP contribution in [0.3, 0.4) is 0 Å². The normalized spacial score (nSPS) is 15.4. The third-order valence-electron chi connectivity index (χ3n) is 9.43. The molecule has 0 bridgehead atoms. The van der Waals surface area contributed by atoms with Crippen molar-refractivity contribution in [2.45, 2.75) is 81.4 Å². The zero-order valence-corrected chi connectivity index (χ0v) is 36.4. The van der Waals surface area contributed by atoms with Gasteiger partial charge in [0.25, 0.3) is 0 Å². The van der Waals surface area contributed by atoms with Gasteiger partial charge in [0.1, 0.15) is 16.7 Å². The summed E-state index contributed by atoms with van der Waals surface area (Å²) in [6.07, 6.45) is -2.57. The van der Waals surface area contributed by atoms with E-state index in [1.165, 1.54) is 18.5 Å². The molecule has 4 nitrogen and oxygen atoms in total. The molecule has 0 unspecified atom stereocenters. The van der Waals surface area contributed by atoms with Gasteiger partial charge in [-0.3, -0.25) is 0 Å². The van der Waals surface area contributed by atoms with Crippen molar-refractivity contribution < 1.29 is 41.3 Å². The number of hydrogen-bond acceptors (Lipinski definition) is 4. The molecule has 0 N–H and O–H groups in total. The van der Waals surface area contributed by atoms with Crippen LogP contribution < -0.4 is 0 Å². The molecule has 0 aliphatic heterocycles. The molecule has 0 atom stereocenters. The third kappa shape index (κ3) is 8.53. The third-order valence-corrected chi connectivity index (χ3v) is 9.43. The second-order valence-electron chi connectivity index (χ2n) is 16.8. The number of benzene rings is 5. The fraction of sp³-hybridized carbons (Fsp3) is 0.283. The minimum Gasteiger partial charge on any atom is -0.501 e. The molecule has 1 radical (unpaired) electrons. The molecule has 297 valence electrons. The molecular formula is C53H52IrN2O2-2. The van der Waals surface area contributed by atoms with Gasteiger partial charge in [0.05, 0.1) is 5.58 Å². The van der Waals surface area contributed by atoms with Gasteiger partial charge in [-0.1, -0.05) is 114 Å². The Labute approximate surface area is 369 Å². The fourth-order valence-electron chi connectivity index (χ4n) is 7.21. The van der Waals surface area contributed by atoms with E-state index in [1.54, 1.807) is 32.0 Å². The molecule has 0 aliphatic rings. The molecule has 58 heavy (non-hydrogen) atoms. The van der Waals surface area contributed by atoms with Gasteiger partial charge in [-0.15, -0.1) is 54.1 Å². The van der Waals surface area contributed by atoms with E-state index in [0.29, 0.717) is 39.2 Å². The molecule has 9 rings (SSSR count). The molecule has 0 saturated heterocycles. The van der Waals surface area contributed by atoms with Gasteiger partial charge in [-0.05, 0) is 94.4 Å². The number of pyridine rings is 2. The summed E-state index contributed by atoms with van der Waals surface area (Å²) in [7, 11) is 0. The Kier molecular flexibility index (Phi) is 8.68. The molecule has 4 heterocycles. The van der Waals surface area contributed by atoms with Gasteiger partial charge in [-0.25, -0.2) is 0 Å². The van der Waals surface area contributed by atoms with E-state index in [-0.39, 0.29) is 31.2 Å². The zero-order valence-electron chi connectivity index (χ0n) is 43.0. The second kappa shape index (κ2) is 16.3. The smallest absolute Gasteiger partial charge is 0.143 e. The first kappa shape index (κ1) is 30.9. The Bertz CT molecular complexity index is 3290. The van der Waals surface area contributed by atoms with Crippen LogP contribution >= 0.6 is 0 Å². The van der Waals surface area contributed by atoms with Crippen molar-refractivity contribution in [3.05, 3.63) is 144 Å². The maximum Gasteiger partial charge on any atom is 0.143 e. The Hall–Kier alpha value is -5.09. The van der Waals surface area contributed by atoms with E-state index in [2.05, 4.69) is 46.4 Å². The predicted molar refractivity (Wildman–Crippen MR) is 239 cm³/mol. The number of fused-ring (bicyclic) bond motifs is 9.